The number of anilines is 2. The first-order chi connectivity index (χ1) is 14.1. The summed E-state index contributed by atoms with van der Waals surface area (Å²) >= 11 is 0. The number of nitrogens with zero attached hydrogens (tertiary/aromatic N) is 4. The third kappa shape index (κ3) is 3.86. The number of hydrogen-bond donors (Lipinski definition) is 1. The van der Waals surface area contributed by atoms with Gasteiger partial charge in [0.05, 0.1) is 24.9 Å². The fraction of sp³-hybridized carbons (Fsp3) is 0.333. The summed E-state index contributed by atoms with van der Waals surface area (Å²) in [7, 11) is 0. The lowest BCUT2D eigenvalue weighted by molar-refractivity contribution is -0.0573. The highest BCUT2D eigenvalue weighted by molar-refractivity contribution is 5.55. The molecule has 1 aromatic heterocycles. The molecule has 0 spiro atoms. The molecule has 0 saturated carbocycles. The standard InChI is InChI=1S/C21H21F2N5O.H2/c22-16-2-1-3-19(9-16)28-13-24-21(26-28)25-18-7-15(6-17(23)8-18)14-4-5-27(10-14)20-11-29-12-20;/h1-3,6-9,13-14,20H,4-5,10-12H2,(H,25,26);1H. The second kappa shape index (κ2) is 7.53. The maximum atomic E-state index is 14.3. The van der Waals surface area contributed by atoms with Gasteiger partial charge in [-0.25, -0.2) is 13.5 Å². The average Bonchev–Trinajstić information content (AvgIpc) is 3.30. The summed E-state index contributed by atoms with van der Waals surface area (Å²) in [5.41, 5.74) is 2.14. The van der Waals surface area contributed by atoms with Gasteiger partial charge < -0.3 is 10.1 Å². The van der Waals surface area contributed by atoms with E-state index in [0.717, 1.165) is 38.3 Å². The molecule has 1 atom stereocenters. The van der Waals surface area contributed by atoms with Gasteiger partial charge in [-0.15, -0.1) is 5.10 Å². The molecule has 0 amide bonds. The Hall–Kier alpha value is -2.84. The Labute approximate surface area is 168 Å². The average molecular weight is 399 g/mol. The van der Waals surface area contributed by atoms with Gasteiger partial charge in [-0.2, -0.15) is 4.98 Å². The van der Waals surface area contributed by atoms with E-state index in [1.807, 2.05) is 6.07 Å². The van der Waals surface area contributed by atoms with Crippen molar-refractivity contribution in [2.75, 3.05) is 31.6 Å². The molecule has 1 N–H and O–H groups in total. The Balaban J connectivity index is 0.00000218. The first kappa shape index (κ1) is 18.2. The normalized spacial score (nSPS) is 20.0. The van der Waals surface area contributed by atoms with Crippen LogP contribution < -0.4 is 5.32 Å². The highest BCUT2D eigenvalue weighted by Gasteiger charge is 2.33. The molecule has 3 heterocycles. The molecule has 152 valence electrons. The molecule has 1 unspecified atom stereocenters. The van der Waals surface area contributed by atoms with Crippen LogP contribution in [-0.2, 0) is 4.74 Å². The summed E-state index contributed by atoms with van der Waals surface area (Å²) in [5.74, 6) is -0.0171. The van der Waals surface area contributed by atoms with Crippen LogP contribution in [-0.4, -0.2) is 52.0 Å². The van der Waals surface area contributed by atoms with E-state index in [2.05, 4.69) is 20.3 Å². The van der Waals surface area contributed by atoms with Crippen molar-refractivity contribution in [1.82, 2.24) is 19.7 Å². The van der Waals surface area contributed by atoms with Crippen molar-refractivity contribution >= 4 is 11.6 Å². The highest BCUT2D eigenvalue weighted by Crippen LogP contribution is 2.32. The smallest absolute Gasteiger partial charge is 0.246 e. The van der Waals surface area contributed by atoms with Crippen LogP contribution in [0.4, 0.5) is 20.4 Å². The van der Waals surface area contributed by atoms with Crippen molar-refractivity contribution in [2.24, 2.45) is 0 Å². The fourth-order valence-corrected chi connectivity index (χ4v) is 3.94. The summed E-state index contributed by atoms with van der Waals surface area (Å²) in [6, 6.07) is 11.6. The van der Waals surface area contributed by atoms with E-state index in [4.69, 9.17) is 4.74 Å². The van der Waals surface area contributed by atoms with Crippen LogP contribution in [0.15, 0.2) is 48.8 Å². The van der Waals surface area contributed by atoms with Gasteiger partial charge >= 0.3 is 0 Å². The molecule has 0 bridgehead atoms. The molecule has 29 heavy (non-hydrogen) atoms. The molecule has 0 radical (unpaired) electrons. The second-order valence-electron chi connectivity index (χ2n) is 7.56. The van der Waals surface area contributed by atoms with Gasteiger partial charge in [0.1, 0.15) is 18.0 Å². The number of halogens is 2. The number of nitrogens with one attached hydrogen (secondary N) is 1. The van der Waals surface area contributed by atoms with Crippen molar-refractivity contribution in [2.45, 2.75) is 18.4 Å². The predicted octanol–water partition coefficient (Wildman–Crippen LogP) is 3.72. The molecule has 3 aromatic rings. The molecule has 2 aliphatic heterocycles. The van der Waals surface area contributed by atoms with Crippen LogP contribution in [0.5, 0.6) is 0 Å². The van der Waals surface area contributed by atoms with Crippen LogP contribution in [0.3, 0.4) is 0 Å². The monoisotopic (exact) mass is 399 g/mol. The molecule has 6 nitrogen and oxygen atoms in total. The lowest BCUT2D eigenvalue weighted by Gasteiger charge is -2.34. The summed E-state index contributed by atoms with van der Waals surface area (Å²) in [6.07, 6.45) is 2.50. The zero-order chi connectivity index (χ0) is 19.8. The van der Waals surface area contributed by atoms with E-state index in [-0.39, 0.29) is 13.1 Å². The lowest BCUT2D eigenvalue weighted by Crippen LogP contribution is -2.47. The molecular weight excluding hydrogens is 376 g/mol. The molecule has 0 aliphatic carbocycles. The van der Waals surface area contributed by atoms with Crippen LogP contribution in [0, 0.1) is 11.6 Å². The Kier molecular flexibility index (Phi) is 4.73. The minimum absolute atomic E-state index is 0. The topological polar surface area (TPSA) is 55.2 Å². The van der Waals surface area contributed by atoms with Crippen LogP contribution in [0.2, 0.25) is 0 Å². The Bertz CT molecular complexity index is 1030. The molecule has 5 rings (SSSR count). The van der Waals surface area contributed by atoms with E-state index in [1.54, 1.807) is 18.2 Å². The Morgan fingerprint density at radius 2 is 2.00 bits per heavy atom. The second-order valence-corrected chi connectivity index (χ2v) is 7.56. The van der Waals surface area contributed by atoms with Gasteiger partial charge in [0, 0.05) is 13.7 Å². The molecule has 2 saturated heterocycles. The molecule has 8 heteroatoms. The number of benzene rings is 2. The molecule has 2 fully saturated rings. The van der Waals surface area contributed by atoms with Crippen molar-refractivity contribution < 1.29 is 14.9 Å². The number of hydrogen-bond acceptors (Lipinski definition) is 5. The van der Waals surface area contributed by atoms with Gasteiger partial charge in [0.2, 0.25) is 5.95 Å². The van der Waals surface area contributed by atoms with E-state index >= 15 is 0 Å². The van der Waals surface area contributed by atoms with Gasteiger partial charge in [0.15, 0.2) is 0 Å². The quantitative estimate of drug-likeness (QED) is 0.709. The summed E-state index contributed by atoms with van der Waals surface area (Å²) < 4.78 is 34.4. The first-order valence-corrected chi connectivity index (χ1v) is 9.71. The van der Waals surface area contributed by atoms with Gasteiger partial charge in [-0.3, -0.25) is 4.90 Å². The summed E-state index contributed by atoms with van der Waals surface area (Å²) in [5, 5.41) is 7.37. The molecule has 2 aliphatic rings. The van der Waals surface area contributed by atoms with E-state index in [0.29, 0.717) is 29.3 Å². The molecule has 2 aromatic carbocycles. The number of aromatic nitrogens is 3. The predicted molar refractivity (Wildman–Crippen MR) is 107 cm³/mol. The summed E-state index contributed by atoms with van der Waals surface area (Å²) in [6.45, 7) is 3.52. The van der Waals surface area contributed by atoms with Gasteiger partial charge in [-0.1, -0.05) is 6.07 Å². The van der Waals surface area contributed by atoms with E-state index in [9.17, 15) is 8.78 Å². The van der Waals surface area contributed by atoms with Crippen molar-refractivity contribution in [3.63, 3.8) is 0 Å². The molecular formula is C21H23F2N5O. The fourth-order valence-electron chi connectivity index (χ4n) is 3.94. The largest absolute Gasteiger partial charge is 0.378 e. The van der Waals surface area contributed by atoms with Gasteiger partial charge in [0.25, 0.3) is 0 Å². The number of ether oxygens (including phenoxy) is 1. The van der Waals surface area contributed by atoms with Crippen LogP contribution in [0.25, 0.3) is 5.69 Å². The Morgan fingerprint density at radius 3 is 2.79 bits per heavy atom. The summed E-state index contributed by atoms with van der Waals surface area (Å²) in [4.78, 5) is 6.63. The maximum absolute atomic E-state index is 14.3. The van der Waals surface area contributed by atoms with Crippen LogP contribution in [0.1, 0.15) is 19.3 Å². The first-order valence-electron chi connectivity index (χ1n) is 9.71. The number of likely N-dealkylation sites (tertiary alicyclic amines) is 1. The van der Waals surface area contributed by atoms with Gasteiger partial charge in [-0.05, 0) is 60.8 Å². The minimum atomic E-state index is -0.346. The van der Waals surface area contributed by atoms with E-state index < -0.39 is 0 Å². The maximum Gasteiger partial charge on any atom is 0.246 e. The third-order valence-electron chi connectivity index (χ3n) is 5.57. The van der Waals surface area contributed by atoms with Crippen molar-refractivity contribution in [3.8, 4) is 5.69 Å². The zero-order valence-electron chi connectivity index (χ0n) is 15.8. The van der Waals surface area contributed by atoms with Crippen molar-refractivity contribution in [3.05, 3.63) is 66.0 Å². The van der Waals surface area contributed by atoms with E-state index in [1.165, 1.54) is 29.2 Å². The highest BCUT2D eigenvalue weighted by atomic mass is 19.1. The number of rotatable bonds is 5. The van der Waals surface area contributed by atoms with Crippen LogP contribution >= 0.6 is 0 Å². The SMILES string of the molecule is Fc1cc(Nc2ncn(-c3cccc(F)c3)n2)cc(C2CCN(C3COC3)C2)c1.[HH]. The third-order valence-corrected chi connectivity index (χ3v) is 5.57. The Morgan fingerprint density at radius 1 is 1.10 bits per heavy atom. The minimum Gasteiger partial charge on any atom is -0.378 e. The van der Waals surface area contributed by atoms with Crippen molar-refractivity contribution in [1.29, 1.82) is 0 Å². The zero-order valence-corrected chi connectivity index (χ0v) is 15.8. The lowest BCUT2D eigenvalue weighted by atomic mass is 9.97.